The molecule has 2 aromatic rings. The molecular formula is C18H24N2O4S2. The Morgan fingerprint density at radius 2 is 1.62 bits per heavy atom. The maximum Gasteiger partial charge on any atom is 0.236 e. The van der Waals surface area contributed by atoms with Crippen LogP contribution >= 0.6 is 0 Å². The highest BCUT2D eigenvalue weighted by atomic mass is 32.2. The second kappa shape index (κ2) is 7.67. The third kappa shape index (κ3) is 5.74. The second-order valence-corrected chi connectivity index (χ2v) is 10.1. The first-order valence-corrected chi connectivity index (χ1v) is 11.7. The smallest absolute Gasteiger partial charge is 0.236 e. The van der Waals surface area contributed by atoms with Crippen molar-refractivity contribution in [1.82, 2.24) is 0 Å². The Balaban J connectivity index is 2.37. The van der Waals surface area contributed by atoms with Crippen LogP contribution in [0.1, 0.15) is 36.5 Å². The topological polar surface area (TPSA) is 92.3 Å². The van der Waals surface area contributed by atoms with Gasteiger partial charge in [0, 0.05) is 5.69 Å². The molecule has 0 radical (unpaired) electrons. The first-order valence-electron chi connectivity index (χ1n) is 8.13. The summed E-state index contributed by atoms with van der Waals surface area (Å²) in [6.45, 7) is 5.68. The molecule has 0 fully saturated rings. The molecule has 0 saturated carbocycles. The molecule has 0 spiro atoms. The van der Waals surface area contributed by atoms with Crippen molar-refractivity contribution in [2.75, 3.05) is 15.7 Å². The van der Waals surface area contributed by atoms with Crippen LogP contribution in [0.25, 0.3) is 0 Å². The van der Waals surface area contributed by atoms with E-state index in [2.05, 4.69) is 9.44 Å². The highest BCUT2D eigenvalue weighted by Crippen LogP contribution is 2.30. The molecule has 2 rings (SSSR count). The molecule has 142 valence electrons. The van der Waals surface area contributed by atoms with E-state index in [-0.39, 0.29) is 11.7 Å². The Hall–Kier alpha value is -2.06. The third-order valence-electron chi connectivity index (χ3n) is 3.71. The van der Waals surface area contributed by atoms with Crippen LogP contribution in [0.4, 0.5) is 11.4 Å². The minimum atomic E-state index is -3.65. The van der Waals surface area contributed by atoms with E-state index in [0.29, 0.717) is 22.5 Å². The first-order chi connectivity index (χ1) is 12.0. The summed E-state index contributed by atoms with van der Waals surface area (Å²) in [7, 11) is -7.11. The van der Waals surface area contributed by atoms with Crippen molar-refractivity contribution in [3.05, 3.63) is 59.2 Å². The molecular weight excluding hydrogens is 372 g/mol. The van der Waals surface area contributed by atoms with Gasteiger partial charge < -0.3 is 0 Å². The van der Waals surface area contributed by atoms with Gasteiger partial charge in [-0.25, -0.2) is 16.8 Å². The van der Waals surface area contributed by atoms with Crippen LogP contribution in [0.2, 0.25) is 0 Å². The second-order valence-electron chi connectivity index (χ2n) is 6.64. The number of nitrogens with one attached hydrogen (secondary N) is 2. The lowest BCUT2D eigenvalue weighted by Crippen LogP contribution is -2.18. The molecule has 0 amide bonds. The summed E-state index contributed by atoms with van der Waals surface area (Å²) in [5.74, 6) is -0.294. The fourth-order valence-corrected chi connectivity index (χ4v) is 4.64. The van der Waals surface area contributed by atoms with E-state index < -0.39 is 20.0 Å². The van der Waals surface area contributed by atoms with Gasteiger partial charge in [0.05, 0.1) is 17.7 Å². The van der Waals surface area contributed by atoms with Crippen molar-refractivity contribution < 1.29 is 16.8 Å². The van der Waals surface area contributed by atoms with Gasteiger partial charge in [-0.2, -0.15) is 0 Å². The first kappa shape index (κ1) is 20.3. The summed E-state index contributed by atoms with van der Waals surface area (Å²) >= 11 is 0. The lowest BCUT2D eigenvalue weighted by Gasteiger charge is -2.19. The van der Waals surface area contributed by atoms with E-state index in [9.17, 15) is 16.8 Å². The Kier molecular flexibility index (Phi) is 5.98. The Bertz CT molecular complexity index is 998. The molecule has 0 saturated heterocycles. The van der Waals surface area contributed by atoms with E-state index in [1.54, 1.807) is 36.4 Å². The van der Waals surface area contributed by atoms with E-state index in [0.717, 1.165) is 11.8 Å². The van der Waals surface area contributed by atoms with Gasteiger partial charge in [-0.3, -0.25) is 9.44 Å². The Morgan fingerprint density at radius 3 is 2.19 bits per heavy atom. The number of anilines is 2. The van der Waals surface area contributed by atoms with Gasteiger partial charge in [0.25, 0.3) is 0 Å². The van der Waals surface area contributed by atoms with Crippen LogP contribution in [0.5, 0.6) is 0 Å². The summed E-state index contributed by atoms with van der Waals surface area (Å²) in [5.41, 5.74) is 3.10. The van der Waals surface area contributed by atoms with Crippen LogP contribution in [0, 0.1) is 6.92 Å². The molecule has 26 heavy (non-hydrogen) atoms. The van der Waals surface area contributed by atoms with Gasteiger partial charge in [0.1, 0.15) is 0 Å². The number of rotatable bonds is 7. The van der Waals surface area contributed by atoms with Crippen molar-refractivity contribution in [2.45, 2.75) is 32.4 Å². The quantitative estimate of drug-likeness (QED) is 0.750. The maximum absolute atomic E-state index is 12.6. The molecule has 8 heteroatoms. The van der Waals surface area contributed by atoms with Crippen molar-refractivity contribution in [1.29, 1.82) is 0 Å². The van der Waals surface area contributed by atoms with Crippen molar-refractivity contribution >= 4 is 31.4 Å². The highest BCUT2D eigenvalue weighted by Gasteiger charge is 2.19. The van der Waals surface area contributed by atoms with E-state index in [1.165, 1.54) is 0 Å². The molecule has 0 aliphatic carbocycles. The molecule has 0 atom stereocenters. The van der Waals surface area contributed by atoms with Crippen LogP contribution in [-0.4, -0.2) is 23.1 Å². The van der Waals surface area contributed by atoms with Crippen molar-refractivity contribution in [3.63, 3.8) is 0 Å². The predicted octanol–water partition coefficient (Wildman–Crippen LogP) is 3.43. The summed E-state index contributed by atoms with van der Waals surface area (Å²) in [5, 5.41) is 0. The fourth-order valence-electron chi connectivity index (χ4n) is 2.84. The number of benzene rings is 2. The highest BCUT2D eigenvalue weighted by molar-refractivity contribution is 7.92. The lowest BCUT2D eigenvalue weighted by atomic mass is 9.96. The summed E-state index contributed by atoms with van der Waals surface area (Å²) in [4.78, 5) is 0. The van der Waals surface area contributed by atoms with Gasteiger partial charge in [0.2, 0.25) is 20.0 Å². The third-order valence-corrected chi connectivity index (χ3v) is 5.53. The Morgan fingerprint density at radius 1 is 0.962 bits per heavy atom. The summed E-state index contributed by atoms with van der Waals surface area (Å²) in [6, 6.07) is 12.1. The number of hydrogen-bond acceptors (Lipinski definition) is 4. The average Bonchev–Trinajstić information content (AvgIpc) is 2.44. The molecule has 0 aromatic heterocycles. The largest absolute Gasteiger partial charge is 0.283 e. The van der Waals surface area contributed by atoms with Crippen LogP contribution in [-0.2, 0) is 25.8 Å². The monoisotopic (exact) mass is 396 g/mol. The van der Waals surface area contributed by atoms with Crippen molar-refractivity contribution in [3.8, 4) is 0 Å². The molecule has 0 aliphatic heterocycles. The summed E-state index contributed by atoms with van der Waals surface area (Å²) in [6.07, 6.45) is 1.07. The van der Waals surface area contributed by atoms with Gasteiger partial charge in [0.15, 0.2) is 0 Å². The van der Waals surface area contributed by atoms with Gasteiger partial charge >= 0.3 is 0 Å². The number of hydrogen-bond donors (Lipinski definition) is 2. The molecule has 2 N–H and O–H groups in total. The van der Waals surface area contributed by atoms with Crippen LogP contribution in [0.15, 0.2) is 42.5 Å². The average molecular weight is 397 g/mol. The lowest BCUT2D eigenvalue weighted by molar-refractivity contribution is 0.600. The maximum atomic E-state index is 12.6. The summed E-state index contributed by atoms with van der Waals surface area (Å²) < 4.78 is 53.5. The van der Waals surface area contributed by atoms with Gasteiger partial charge in [-0.1, -0.05) is 38.1 Å². The molecule has 2 aromatic carbocycles. The minimum absolute atomic E-state index is 0.0513. The zero-order valence-corrected chi connectivity index (χ0v) is 16.9. The van der Waals surface area contributed by atoms with E-state index in [4.69, 9.17) is 0 Å². The molecule has 0 unspecified atom stereocenters. The normalized spacial score (nSPS) is 12.2. The molecule has 0 heterocycles. The van der Waals surface area contributed by atoms with E-state index >= 15 is 0 Å². The minimum Gasteiger partial charge on any atom is -0.283 e. The van der Waals surface area contributed by atoms with Crippen LogP contribution < -0.4 is 9.44 Å². The zero-order valence-electron chi connectivity index (χ0n) is 15.3. The van der Waals surface area contributed by atoms with Gasteiger partial charge in [-0.05, 0) is 47.7 Å². The SMILES string of the molecule is Cc1cccc(NS(=O)(=O)Cc2cccc(NS(C)(=O)=O)c2C(C)C)c1. The standard InChI is InChI=1S/C18H24N2O4S2/c1-13(2)18-15(8-6-10-17(18)20-25(4,21)22)12-26(23,24)19-16-9-5-7-14(3)11-16/h5-11,13,19-20H,12H2,1-4H3. The number of sulfonamides is 2. The predicted molar refractivity (Wildman–Crippen MR) is 106 cm³/mol. The zero-order chi connectivity index (χ0) is 19.5. The molecule has 0 aliphatic rings. The molecule has 6 nitrogen and oxygen atoms in total. The van der Waals surface area contributed by atoms with Crippen LogP contribution in [0.3, 0.4) is 0 Å². The Labute approximate surface area is 155 Å². The number of aryl methyl sites for hydroxylation is 1. The fraction of sp³-hybridized carbons (Fsp3) is 0.333. The molecule has 0 bridgehead atoms. The van der Waals surface area contributed by atoms with Crippen molar-refractivity contribution in [2.24, 2.45) is 0 Å². The van der Waals surface area contributed by atoms with E-state index in [1.807, 2.05) is 26.8 Å². The van der Waals surface area contributed by atoms with Gasteiger partial charge in [-0.15, -0.1) is 0 Å².